The van der Waals surface area contributed by atoms with Crippen LogP contribution in [0.15, 0.2) is 29.3 Å². The van der Waals surface area contributed by atoms with Crippen LogP contribution in [0.5, 0.6) is 5.75 Å². The molecule has 4 nitrogen and oxygen atoms in total. The molecule has 5 heteroatoms. The van der Waals surface area contributed by atoms with Gasteiger partial charge in [-0.2, -0.15) is 0 Å². The van der Waals surface area contributed by atoms with E-state index in [0.717, 1.165) is 25.6 Å². The molecule has 1 saturated heterocycles. The quantitative estimate of drug-likeness (QED) is 0.670. The molecule has 1 aromatic carbocycles. The summed E-state index contributed by atoms with van der Waals surface area (Å²) in [6, 6.07) is 7.54. The molecular formula is C16H24ClN3O. The van der Waals surface area contributed by atoms with Crippen LogP contribution in [0.2, 0.25) is 5.02 Å². The number of hydrogen-bond acceptors (Lipinski definition) is 2. The molecule has 0 bridgehead atoms. The molecule has 0 spiro atoms. The number of halogens is 1. The Morgan fingerprint density at radius 1 is 1.38 bits per heavy atom. The number of hydrogen-bond donors (Lipinski definition) is 1. The molecule has 0 radical (unpaired) electrons. The number of ether oxygens (including phenoxy) is 1. The van der Waals surface area contributed by atoms with E-state index in [4.69, 9.17) is 16.3 Å². The summed E-state index contributed by atoms with van der Waals surface area (Å²) in [5, 5.41) is 3.99. The molecule has 1 aromatic rings. The summed E-state index contributed by atoms with van der Waals surface area (Å²) in [7, 11) is 0. The van der Waals surface area contributed by atoms with Gasteiger partial charge in [-0.1, -0.05) is 23.7 Å². The first-order valence-corrected chi connectivity index (χ1v) is 8.03. The monoisotopic (exact) mass is 309 g/mol. The summed E-state index contributed by atoms with van der Waals surface area (Å²) in [4.78, 5) is 7.00. The second-order valence-corrected chi connectivity index (χ2v) is 5.65. The minimum absolute atomic E-state index is 0.0128. The van der Waals surface area contributed by atoms with Crippen molar-refractivity contribution in [3.05, 3.63) is 29.3 Å². The number of nitrogens with one attached hydrogen (secondary N) is 1. The Hall–Kier alpha value is -1.42. The van der Waals surface area contributed by atoms with Crippen LogP contribution in [0, 0.1) is 0 Å². The van der Waals surface area contributed by atoms with Gasteiger partial charge in [0, 0.05) is 19.6 Å². The Bertz CT molecular complexity index is 472. The largest absolute Gasteiger partial charge is 0.487 e. The van der Waals surface area contributed by atoms with Crippen molar-refractivity contribution in [1.82, 2.24) is 10.2 Å². The minimum atomic E-state index is -0.0128. The molecule has 1 fully saturated rings. The number of aliphatic imine (C=N–C) groups is 1. The number of nitrogens with zero attached hydrogens (tertiary/aromatic N) is 2. The molecule has 0 aliphatic carbocycles. The third-order valence-corrected chi connectivity index (χ3v) is 3.72. The molecule has 1 N–H and O–H groups in total. The van der Waals surface area contributed by atoms with Gasteiger partial charge in [0.15, 0.2) is 5.96 Å². The van der Waals surface area contributed by atoms with Crippen LogP contribution in [-0.4, -0.2) is 43.1 Å². The molecule has 0 saturated carbocycles. The minimum Gasteiger partial charge on any atom is -0.487 e. The van der Waals surface area contributed by atoms with Gasteiger partial charge in [-0.25, -0.2) is 4.99 Å². The van der Waals surface area contributed by atoms with Crippen molar-refractivity contribution >= 4 is 17.6 Å². The second-order valence-electron chi connectivity index (χ2n) is 5.25. The summed E-state index contributed by atoms with van der Waals surface area (Å²) in [5.41, 5.74) is 0. The van der Waals surface area contributed by atoms with Gasteiger partial charge in [-0.05, 0) is 38.8 Å². The van der Waals surface area contributed by atoms with E-state index in [-0.39, 0.29) is 6.10 Å². The fourth-order valence-electron chi connectivity index (χ4n) is 2.36. The number of para-hydroxylation sites is 1. The second kappa shape index (κ2) is 8.13. The van der Waals surface area contributed by atoms with E-state index >= 15 is 0 Å². The zero-order valence-electron chi connectivity index (χ0n) is 12.8. The topological polar surface area (TPSA) is 36.9 Å². The Morgan fingerprint density at radius 3 is 2.76 bits per heavy atom. The highest BCUT2D eigenvalue weighted by Crippen LogP contribution is 2.24. The number of guanidine groups is 1. The van der Waals surface area contributed by atoms with Gasteiger partial charge in [0.1, 0.15) is 11.9 Å². The van der Waals surface area contributed by atoms with Gasteiger partial charge in [-0.3, -0.25) is 0 Å². The predicted octanol–water partition coefficient (Wildman–Crippen LogP) is 3.17. The van der Waals surface area contributed by atoms with Crippen LogP contribution in [0.25, 0.3) is 0 Å². The van der Waals surface area contributed by atoms with Crippen LogP contribution < -0.4 is 10.1 Å². The fourth-order valence-corrected chi connectivity index (χ4v) is 2.54. The maximum absolute atomic E-state index is 6.10. The first-order valence-electron chi connectivity index (χ1n) is 7.65. The average Bonchev–Trinajstić information content (AvgIpc) is 3.00. The molecule has 2 rings (SSSR count). The summed E-state index contributed by atoms with van der Waals surface area (Å²) in [6.07, 6.45) is 2.48. The molecule has 1 unspecified atom stereocenters. The lowest BCUT2D eigenvalue weighted by Gasteiger charge is -2.21. The van der Waals surface area contributed by atoms with Crippen molar-refractivity contribution in [2.24, 2.45) is 4.99 Å². The molecule has 21 heavy (non-hydrogen) atoms. The summed E-state index contributed by atoms with van der Waals surface area (Å²) >= 11 is 6.10. The van der Waals surface area contributed by atoms with E-state index in [2.05, 4.69) is 22.1 Å². The Labute approximate surface area is 132 Å². The zero-order valence-corrected chi connectivity index (χ0v) is 13.6. The third kappa shape index (κ3) is 4.81. The van der Waals surface area contributed by atoms with Gasteiger partial charge in [0.05, 0.1) is 11.6 Å². The molecule has 1 aliphatic rings. The van der Waals surface area contributed by atoms with Crippen molar-refractivity contribution < 1.29 is 4.74 Å². The lowest BCUT2D eigenvalue weighted by Crippen LogP contribution is -2.40. The number of likely N-dealkylation sites (tertiary alicyclic amines) is 1. The van der Waals surface area contributed by atoms with Crippen molar-refractivity contribution in [1.29, 1.82) is 0 Å². The van der Waals surface area contributed by atoms with E-state index in [0.29, 0.717) is 17.3 Å². The number of benzene rings is 1. The first kappa shape index (κ1) is 16.0. The third-order valence-electron chi connectivity index (χ3n) is 3.40. The van der Waals surface area contributed by atoms with Crippen molar-refractivity contribution in [3.63, 3.8) is 0 Å². The lowest BCUT2D eigenvalue weighted by molar-refractivity contribution is 0.230. The smallest absolute Gasteiger partial charge is 0.194 e. The molecule has 0 amide bonds. The van der Waals surface area contributed by atoms with Crippen molar-refractivity contribution in [2.45, 2.75) is 32.8 Å². The Morgan fingerprint density at radius 2 is 2.10 bits per heavy atom. The van der Waals surface area contributed by atoms with E-state index in [9.17, 15) is 0 Å². The summed E-state index contributed by atoms with van der Waals surface area (Å²) in [5.74, 6) is 1.71. The van der Waals surface area contributed by atoms with E-state index in [1.807, 2.05) is 31.2 Å². The highest BCUT2D eigenvalue weighted by molar-refractivity contribution is 6.32. The molecule has 1 atom stereocenters. The fraction of sp³-hybridized carbons (Fsp3) is 0.562. The maximum Gasteiger partial charge on any atom is 0.194 e. The summed E-state index contributed by atoms with van der Waals surface area (Å²) < 4.78 is 5.85. The normalized spacial score (nSPS) is 16.9. The van der Waals surface area contributed by atoms with Gasteiger partial charge in [0.25, 0.3) is 0 Å². The first-order chi connectivity index (χ1) is 10.2. The Balaban J connectivity index is 1.92. The van der Waals surface area contributed by atoms with Crippen molar-refractivity contribution in [2.75, 3.05) is 26.2 Å². The van der Waals surface area contributed by atoms with Gasteiger partial charge >= 0.3 is 0 Å². The van der Waals surface area contributed by atoms with Crippen molar-refractivity contribution in [3.8, 4) is 5.75 Å². The van der Waals surface area contributed by atoms with E-state index in [1.54, 1.807) is 0 Å². The number of rotatable bonds is 5. The molecule has 1 aliphatic heterocycles. The molecular weight excluding hydrogens is 286 g/mol. The maximum atomic E-state index is 6.10. The molecule has 116 valence electrons. The van der Waals surface area contributed by atoms with Gasteiger partial charge < -0.3 is 15.0 Å². The van der Waals surface area contributed by atoms with Gasteiger partial charge in [-0.15, -0.1) is 0 Å². The van der Waals surface area contributed by atoms with Crippen LogP contribution >= 0.6 is 11.6 Å². The highest BCUT2D eigenvalue weighted by atomic mass is 35.5. The van der Waals surface area contributed by atoms with Crippen LogP contribution in [-0.2, 0) is 0 Å². The Kier molecular flexibility index (Phi) is 6.18. The SMILES string of the molecule is CCNC(=NCC(C)Oc1ccccc1Cl)N1CCCC1. The van der Waals surface area contributed by atoms with Crippen LogP contribution in [0.4, 0.5) is 0 Å². The standard InChI is InChI=1S/C16H24ClN3O/c1-3-18-16(20-10-6-7-11-20)19-12-13(2)21-15-9-5-4-8-14(15)17/h4-5,8-9,13H,3,6-7,10-12H2,1-2H3,(H,18,19). The highest BCUT2D eigenvalue weighted by Gasteiger charge is 2.16. The lowest BCUT2D eigenvalue weighted by atomic mass is 10.3. The molecule has 0 aromatic heterocycles. The predicted molar refractivity (Wildman–Crippen MR) is 88.3 cm³/mol. The average molecular weight is 310 g/mol. The van der Waals surface area contributed by atoms with Crippen LogP contribution in [0.1, 0.15) is 26.7 Å². The zero-order chi connectivity index (χ0) is 15.1. The van der Waals surface area contributed by atoms with Crippen LogP contribution in [0.3, 0.4) is 0 Å². The van der Waals surface area contributed by atoms with E-state index < -0.39 is 0 Å². The van der Waals surface area contributed by atoms with E-state index in [1.165, 1.54) is 12.8 Å². The molecule has 1 heterocycles. The van der Waals surface area contributed by atoms with Gasteiger partial charge in [0.2, 0.25) is 0 Å². The summed E-state index contributed by atoms with van der Waals surface area (Å²) in [6.45, 7) is 7.78.